The van der Waals surface area contributed by atoms with Crippen LogP contribution in [0.1, 0.15) is 29.5 Å². The van der Waals surface area contributed by atoms with E-state index in [2.05, 4.69) is 39.7 Å². The number of para-hydroxylation sites is 1. The number of amides is 1. The van der Waals surface area contributed by atoms with Crippen LogP contribution >= 0.6 is 0 Å². The van der Waals surface area contributed by atoms with E-state index in [0.29, 0.717) is 0 Å². The van der Waals surface area contributed by atoms with Crippen LogP contribution in [0.25, 0.3) is 0 Å². The highest BCUT2D eigenvalue weighted by Crippen LogP contribution is 2.30. The van der Waals surface area contributed by atoms with Crippen LogP contribution in [-0.2, 0) is 17.8 Å². The maximum atomic E-state index is 11.3. The molecule has 6 heteroatoms. The predicted octanol–water partition coefficient (Wildman–Crippen LogP) is 3.01. The second kappa shape index (κ2) is 8.86. The maximum Gasteiger partial charge on any atom is 0.254 e. The Kier molecular flexibility index (Phi) is 6.06. The van der Waals surface area contributed by atoms with Crippen LogP contribution in [0.4, 0.5) is 5.69 Å². The number of nitrogens with one attached hydrogen (secondary N) is 1. The van der Waals surface area contributed by atoms with Crippen molar-refractivity contribution in [3.63, 3.8) is 0 Å². The Balaban J connectivity index is 1.78. The molecule has 0 saturated carbocycles. The van der Waals surface area contributed by atoms with Crippen molar-refractivity contribution in [2.24, 2.45) is 5.10 Å². The number of benzene rings is 2. The molecule has 6 nitrogen and oxygen atoms in total. The normalized spacial score (nSPS) is 13.1. The van der Waals surface area contributed by atoms with Gasteiger partial charge in [-0.3, -0.25) is 4.79 Å². The molecule has 138 valence electrons. The van der Waals surface area contributed by atoms with Crippen molar-refractivity contribution in [1.29, 1.82) is 5.26 Å². The lowest BCUT2D eigenvalue weighted by Gasteiger charge is -2.31. The molecule has 1 aliphatic heterocycles. The first-order valence-corrected chi connectivity index (χ1v) is 8.90. The monoisotopic (exact) mass is 362 g/mol. The number of hydrogen-bond donors (Lipinski definition) is 1. The first-order chi connectivity index (χ1) is 13.2. The molecular weight excluding hydrogens is 340 g/mol. The molecule has 1 aliphatic rings. The van der Waals surface area contributed by atoms with Crippen molar-refractivity contribution in [2.45, 2.75) is 25.8 Å². The van der Waals surface area contributed by atoms with Gasteiger partial charge in [0.1, 0.15) is 12.2 Å². The van der Waals surface area contributed by atoms with Gasteiger partial charge in [-0.25, -0.2) is 5.43 Å². The van der Waals surface area contributed by atoms with E-state index in [9.17, 15) is 4.79 Å². The van der Waals surface area contributed by atoms with E-state index < -0.39 is 5.91 Å². The summed E-state index contributed by atoms with van der Waals surface area (Å²) in [6.45, 7) is 1.74. The van der Waals surface area contributed by atoms with E-state index in [0.717, 1.165) is 42.8 Å². The van der Waals surface area contributed by atoms with Crippen molar-refractivity contribution >= 4 is 17.8 Å². The predicted molar refractivity (Wildman–Crippen MR) is 105 cm³/mol. The summed E-state index contributed by atoms with van der Waals surface area (Å²) in [7, 11) is 1.67. The molecule has 2 aromatic carbocycles. The molecule has 1 amide bonds. The summed E-state index contributed by atoms with van der Waals surface area (Å²) in [6, 6.07) is 16.1. The summed E-state index contributed by atoms with van der Waals surface area (Å²) in [6.07, 6.45) is 3.60. The highest BCUT2D eigenvalue weighted by molar-refractivity contribution is 5.83. The van der Waals surface area contributed by atoms with Crippen LogP contribution in [0.15, 0.2) is 47.6 Å². The van der Waals surface area contributed by atoms with Gasteiger partial charge in [-0.1, -0.05) is 18.2 Å². The van der Waals surface area contributed by atoms with Gasteiger partial charge in [0, 0.05) is 24.3 Å². The van der Waals surface area contributed by atoms with Gasteiger partial charge < -0.3 is 9.64 Å². The molecule has 2 aromatic rings. The lowest BCUT2D eigenvalue weighted by molar-refractivity contribution is -0.120. The summed E-state index contributed by atoms with van der Waals surface area (Å²) in [5, 5.41) is 12.4. The quantitative estimate of drug-likeness (QED) is 0.633. The molecular formula is C21H22N4O2. The number of carbonyl (C=O) groups excluding carboxylic acids is 1. The van der Waals surface area contributed by atoms with Crippen LogP contribution in [0.5, 0.6) is 5.75 Å². The number of rotatable bonds is 6. The molecule has 27 heavy (non-hydrogen) atoms. The van der Waals surface area contributed by atoms with Crippen molar-refractivity contribution < 1.29 is 9.53 Å². The number of nitrogens with zero attached hydrogens (tertiary/aromatic N) is 3. The van der Waals surface area contributed by atoms with E-state index in [4.69, 9.17) is 10.00 Å². The number of hydrogen-bond acceptors (Lipinski definition) is 5. The van der Waals surface area contributed by atoms with Gasteiger partial charge in [-0.05, 0) is 48.2 Å². The Morgan fingerprint density at radius 1 is 1.37 bits per heavy atom. The Morgan fingerprint density at radius 3 is 3.04 bits per heavy atom. The number of nitriles is 1. The second-order valence-electron chi connectivity index (χ2n) is 6.35. The fourth-order valence-corrected chi connectivity index (χ4v) is 3.27. The third-order valence-corrected chi connectivity index (χ3v) is 4.51. The van der Waals surface area contributed by atoms with Crippen molar-refractivity contribution in [3.05, 3.63) is 59.2 Å². The largest absolute Gasteiger partial charge is 0.496 e. The lowest BCUT2D eigenvalue weighted by Crippen LogP contribution is -2.29. The van der Waals surface area contributed by atoms with E-state index >= 15 is 0 Å². The average molecular weight is 362 g/mol. The summed E-state index contributed by atoms with van der Waals surface area (Å²) in [5.74, 6) is 0.399. The minimum Gasteiger partial charge on any atom is -0.496 e. The number of ether oxygens (including phenoxy) is 1. The first-order valence-electron chi connectivity index (χ1n) is 8.90. The van der Waals surface area contributed by atoms with E-state index in [1.165, 1.54) is 11.3 Å². The van der Waals surface area contributed by atoms with Gasteiger partial charge in [-0.15, -0.1) is 0 Å². The standard InChI is InChI=1S/C21H22N4O2/c1-27-20-9-8-16(14-23-24-21(26)10-11-22)13-18(20)15-25-12-4-6-17-5-2-3-7-19(17)25/h2-3,5,7-9,13-14H,4,6,10,12,15H2,1H3,(H,24,26)/b23-14-. The highest BCUT2D eigenvalue weighted by atomic mass is 16.5. The Hall–Kier alpha value is -3.33. The number of methoxy groups -OCH3 is 1. The molecule has 0 unspecified atom stereocenters. The van der Waals surface area contributed by atoms with Gasteiger partial charge in [0.25, 0.3) is 5.91 Å². The first kappa shape index (κ1) is 18.5. The summed E-state index contributed by atoms with van der Waals surface area (Å²) >= 11 is 0. The van der Waals surface area contributed by atoms with Crippen LogP contribution in [-0.4, -0.2) is 25.8 Å². The van der Waals surface area contributed by atoms with Gasteiger partial charge in [0.05, 0.1) is 19.4 Å². The number of carbonyl (C=O) groups is 1. The third-order valence-electron chi connectivity index (χ3n) is 4.51. The fraction of sp³-hybridized carbons (Fsp3) is 0.286. The minimum absolute atomic E-state index is 0.209. The summed E-state index contributed by atoms with van der Waals surface area (Å²) in [4.78, 5) is 13.7. The Bertz CT molecular complexity index is 886. The molecule has 1 N–H and O–H groups in total. The second-order valence-corrected chi connectivity index (χ2v) is 6.35. The zero-order chi connectivity index (χ0) is 19.1. The molecule has 0 atom stereocenters. The van der Waals surface area contributed by atoms with Crippen molar-refractivity contribution in [2.75, 3.05) is 18.6 Å². The fourth-order valence-electron chi connectivity index (χ4n) is 3.27. The molecule has 0 aliphatic carbocycles. The van der Waals surface area contributed by atoms with Crippen molar-refractivity contribution in [1.82, 2.24) is 5.43 Å². The van der Waals surface area contributed by atoms with Crippen molar-refractivity contribution in [3.8, 4) is 11.8 Å². The van der Waals surface area contributed by atoms with Crippen LogP contribution < -0.4 is 15.1 Å². The molecule has 0 saturated heterocycles. The minimum atomic E-state index is -0.424. The van der Waals surface area contributed by atoms with Gasteiger partial charge in [0.15, 0.2) is 0 Å². The Morgan fingerprint density at radius 2 is 2.22 bits per heavy atom. The summed E-state index contributed by atoms with van der Waals surface area (Å²) in [5.41, 5.74) is 6.90. The van der Waals surface area contributed by atoms with E-state index in [1.54, 1.807) is 19.4 Å². The molecule has 1 heterocycles. The van der Waals surface area contributed by atoms with Crippen LogP contribution in [0.3, 0.4) is 0 Å². The van der Waals surface area contributed by atoms with Crippen LogP contribution in [0.2, 0.25) is 0 Å². The highest BCUT2D eigenvalue weighted by Gasteiger charge is 2.18. The number of hydrazone groups is 1. The SMILES string of the molecule is COc1ccc(/C=N\NC(=O)CC#N)cc1CN1CCCc2ccccc21. The van der Waals surface area contributed by atoms with E-state index in [1.807, 2.05) is 18.2 Å². The van der Waals surface area contributed by atoms with Gasteiger partial charge in [0.2, 0.25) is 0 Å². The van der Waals surface area contributed by atoms with Gasteiger partial charge in [-0.2, -0.15) is 10.4 Å². The van der Waals surface area contributed by atoms with E-state index in [-0.39, 0.29) is 6.42 Å². The summed E-state index contributed by atoms with van der Waals surface area (Å²) < 4.78 is 5.53. The molecule has 3 rings (SSSR count). The van der Waals surface area contributed by atoms with Crippen LogP contribution in [0, 0.1) is 11.3 Å². The topological polar surface area (TPSA) is 77.7 Å². The number of fused-ring (bicyclic) bond motifs is 1. The van der Waals surface area contributed by atoms with Gasteiger partial charge >= 0.3 is 0 Å². The molecule has 0 aromatic heterocycles. The third kappa shape index (κ3) is 4.64. The zero-order valence-electron chi connectivity index (χ0n) is 15.3. The average Bonchev–Trinajstić information content (AvgIpc) is 2.69. The molecule has 0 bridgehead atoms. The Labute approximate surface area is 159 Å². The number of aryl methyl sites for hydroxylation is 1. The number of anilines is 1. The zero-order valence-corrected chi connectivity index (χ0v) is 15.3. The smallest absolute Gasteiger partial charge is 0.254 e. The molecule has 0 radical (unpaired) electrons. The lowest BCUT2D eigenvalue weighted by atomic mass is 10.0. The molecule has 0 spiro atoms. The maximum absolute atomic E-state index is 11.3. The molecule has 0 fully saturated rings.